The van der Waals surface area contributed by atoms with Crippen molar-refractivity contribution in [1.29, 1.82) is 0 Å². The van der Waals surface area contributed by atoms with E-state index in [9.17, 15) is 9.90 Å². The molecule has 1 saturated heterocycles. The Morgan fingerprint density at radius 3 is 2.37 bits per heavy atom. The van der Waals surface area contributed by atoms with Gasteiger partial charge in [0.25, 0.3) is 0 Å². The fraction of sp³-hybridized carbons (Fsp3) is 0.533. The van der Waals surface area contributed by atoms with Crippen molar-refractivity contribution >= 4 is 5.97 Å². The summed E-state index contributed by atoms with van der Waals surface area (Å²) in [5.41, 5.74) is 0.729. The van der Waals surface area contributed by atoms with E-state index in [4.69, 9.17) is 4.74 Å². The topological polar surface area (TPSA) is 49.8 Å². The molecule has 19 heavy (non-hydrogen) atoms. The summed E-state index contributed by atoms with van der Waals surface area (Å²) in [6.45, 7) is 3.58. The van der Waals surface area contributed by atoms with Crippen LogP contribution in [0, 0.1) is 0 Å². The summed E-state index contributed by atoms with van der Waals surface area (Å²) in [6.07, 6.45) is 1.72. The highest BCUT2D eigenvalue weighted by molar-refractivity contribution is 5.75. The fourth-order valence-electron chi connectivity index (χ4n) is 2.60. The van der Waals surface area contributed by atoms with Crippen LogP contribution < -0.4 is 0 Å². The number of carboxylic acids is 1. The molecule has 104 valence electrons. The summed E-state index contributed by atoms with van der Waals surface area (Å²) in [4.78, 5) is 13.6. The van der Waals surface area contributed by atoms with E-state index in [1.54, 1.807) is 7.11 Å². The first-order chi connectivity index (χ1) is 9.06. The maximum Gasteiger partial charge on any atom is 0.325 e. The molecule has 4 heteroatoms. The number of ether oxygens (including phenoxy) is 1. The molecular weight excluding hydrogens is 242 g/mol. The number of benzene rings is 1. The first-order valence-electron chi connectivity index (χ1n) is 6.63. The number of carbonyl (C=O) groups is 1. The van der Waals surface area contributed by atoms with Crippen LogP contribution in [0.2, 0.25) is 0 Å². The molecule has 1 fully saturated rings. The van der Waals surface area contributed by atoms with Crippen LogP contribution in [0.5, 0.6) is 0 Å². The van der Waals surface area contributed by atoms with Crippen molar-refractivity contribution in [3.05, 3.63) is 35.9 Å². The van der Waals surface area contributed by atoms with Crippen molar-refractivity contribution < 1.29 is 14.6 Å². The molecule has 0 saturated carbocycles. The number of rotatable bonds is 4. The standard InChI is InChI=1S/C15H21NO3/c1-15(19-2)8-10-16(11-9-15)13(14(17)18)12-6-4-3-5-7-12/h3-7,13H,8-11H2,1-2H3,(H,17,18)/t13-/m1/s1. The first kappa shape index (κ1) is 14.0. The molecule has 0 spiro atoms. The minimum Gasteiger partial charge on any atom is -0.480 e. The van der Waals surface area contributed by atoms with E-state index in [1.807, 2.05) is 35.2 Å². The second-order valence-electron chi connectivity index (χ2n) is 5.34. The van der Waals surface area contributed by atoms with Crippen molar-refractivity contribution in [3.8, 4) is 0 Å². The van der Waals surface area contributed by atoms with Gasteiger partial charge in [0.2, 0.25) is 0 Å². The molecule has 1 atom stereocenters. The molecule has 4 nitrogen and oxygen atoms in total. The maximum absolute atomic E-state index is 11.6. The van der Waals surface area contributed by atoms with E-state index < -0.39 is 12.0 Å². The molecule has 0 radical (unpaired) electrons. The average molecular weight is 263 g/mol. The monoisotopic (exact) mass is 263 g/mol. The largest absolute Gasteiger partial charge is 0.480 e. The van der Waals surface area contributed by atoms with E-state index in [0.717, 1.165) is 31.5 Å². The van der Waals surface area contributed by atoms with Crippen molar-refractivity contribution in [2.75, 3.05) is 20.2 Å². The molecule has 0 unspecified atom stereocenters. The van der Waals surface area contributed by atoms with Gasteiger partial charge in [0.1, 0.15) is 6.04 Å². The number of hydrogen-bond acceptors (Lipinski definition) is 3. The van der Waals surface area contributed by atoms with E-state index in [2.05, 4.69) is 6.92 Å². The first-order valence-corrected chi connectivity index (χ1v) is 6.63. The van der Waals surface area contributed by atoms with Gasteiger partial charge in [-0.2, -0.15) is 0 Å². The van der Waals surface area contributed by atoms with Gasteiger partial charge in [0, 0.05) is 20.2 Å². The van der Waals surface area contributed by atoms with Crippen LogP contribution in [0.3, 0.4) is 0 Å². The second kappa shape index (κ2) is 5.72. The molecule has 1 heterocycles. The minimum absolute atomic E-state index is 0.115. The zero-order chi connectivity index (χ0) is 13.9. The Hall–Kier alpha value is -1.39. The number of nitrogens with zero attached hydrogens (tertiary/aromatic N) is 1. The van der Waals surface area contributed by atoms with Crippen LogP contribution in [0.4, 0.5) is 0 Å². The highest BCUT2D eigenvalue weighted by Gasteiger charge is 2.35. The smallest absolute Gasteiger partial charge is 0.325 e. The van der Waals surface area contributed by atoms with Gasteiger partial charge in [-0.25, -0.2) is 0 Å². The van der Waals surface area contributed by atoms with Gasteiger partial charge in [-0.05, 0) is 25.3 Å². The molecule has 1 N–H and O–H groups in total. The highest BCUT2D eigenvalue weighted by atomic mass is 16.5. The van der Waals surface area contributed by atoms with Gasteiger partial charge in [0.15, 0.2) is 0 Å². The Labute approximate surface area is 114 Å². The van der Waals surface area contributed by atoms with Crippen molar-refractivity contribution in [3.63, 3.8) is 0 Å². The molecule has 0 amide bonds. The molecule has 1 aromatic rings. The number of aliphatic carboxylic acids is 1. The van der Waals surface area contributed by atoms with E-state index in [1.165, 1.54) is 0 Å². The Morgan fingerprint density at radius 2 is 1.89 bits per heavy atom. The SMILES string of the molecule is COC1(C)CCN([C@@H](C(=O)O)c2ccccc2)CC1. The summed E-state index contributed by atoms with van der Waals surface area (Å²) >= 11 is 0. The molecule has 2 rings (SSSR count). The molecule has 0 aliphatic carbocycles. The molecular formula is C15H21NO3. The molecule has 1 aromatic carbocycles. The van der Waals surface area contributed by atoms with Gasteiger partial charge in [-0.3, -0.25) is 9.69 Å². The predicted octanol–water partition coefficient (Wildman–Crippen LogP) is 2.31. The van der Waals surface area contributed by atoms with Crippen LogP contribution in [-0.2, 0) is 9.53 Å². The lowest BCUT2D eigenvalue weighted by atomic mass is 9.91. The maximum atomic E-state index is 11.6. The summed E-state index contributed by atoms with van der Waals surface area (Å²) in [6, 6.07) is 8.87. The molecule has 0 bridgehead atoms. The van der Waals surface area contributed by atoms with Gasteiger partial charge in [-0.1, -0.05) is 30.3 Å². The Balaban J connectivity index is 2.13. The predicted molar refractivity (Wildman–Crippen MR) is 73.0 cm³/mol. The van der Waals surface area contributed by atoms with Gasteiger partial charge in [-0.15, -0.1) is 0 Å². The summed E-state index contributed by atoms with van der Waals surface area (Å²) in [7, 11) is 1.72. The Morgan fingerprint density at radius 1 is 1.32 bits per heavy atom. The van der Waals surface area contributed by atoms with Crippen molar-refractivity contribution in [2.45, 2.75) is 31.4 Å². The van der Waals surface area contributed by atoms with Crippen LogP contribution in [0.15, 0.2) is 30.3 Å². The highest BCUT2D eigenvalue weighted by Crippen LogP contribution is 2.30. The number of piperidine rings is 1. The van der Waals surface area contributed by atoms with Crippen LogP contribution in [0.25, 0.3) is 0 Å². The quantitative estimate of drug-likeness (QED) is 0.905. The second-order valence-corrected chi connectivity index (χ2v) is 5.34. The third-order valence-electron chi connectivity index (χ3n) is 4.06. The molecule has 1 aliphatic rings. The molecule has 0 aromatic heterocycles. The summed E-state index contributed by atoms with van der Waals surface area (Å²) in [5.74, 6) is -0.785. The minimum atomic E-state index is -0.785. The van der Waals surface area contributed by atoms with E-state index >= 15 is 0 Å². The van der Waals surface area contributed by atoms with Gasteiger partial charge >= 0.3 is 5.97 Å². The average Bonchev–Trinajstić information content (AvgIpc) is 2.42. The summed E-state index contributed by atoms with van der Waals surface area (Å²) < 4.78 is 5.50. The number of likely N-dealkylation sites (tertiary alicyclic amines) is 1. The van der Waals surface area contributed by atoms with Gasteiger partial charge < -0.3 is 9.84 Å². The number of carboxylic acid groups (broad SMARTS) is 1. The fourth-order valence-corrected chi connectivity index (χ4v) is 2.60. The van der Waals surface area contributed by atoms with Crippen LogP contribution >= 0.6 is 0 Å². The lowest BCUT2D eigenvalue weighted by molar-refractivity contribution is -0.146. The number of hydrogen-bond donors (Lipinski definition) is 1. The van der Waals surface area contributed by atoms with E-state index in [0.29, 0.717) is 0 Å². The van der Waals surface area contributed by atoms with Crippen LogP contribution in [0.1, 0.15) is 31.4 Å². The third kappa shape index (κ3) is 3.14. The Kier molecular flexibility index (Phi) is 4.22. The lowest BCUT2D eigenvalue weighted by Crippen LogP contribution is -2.46. The molecule has 1 aliphatic heterocycles. The van der Waals surface area contributed by atoms with Crippen molar-refractivity contribution in [1.82, 2.24) is 4.90 Å². The third-order valence-corrected chi connectivity index (χ3v) is 4.06. The number of methoxy groups -OCH3 is 1. The Bertz CT molecular complexity index is 424. The zero-order valence-electron chi connectivity index (χ0n) is 11.5. The van der Waals surface area contributed by atoms with Crippen molar-refractivity contribution in [2.24, 2.45) is 0 Å². The zero-order valence-corrected chi connectivity index (χ0v) is 11.5. The lowest BCUT2D eigenvalue weighted by Gasteiger charge is -2.40. The van der Waals surface area contributed by atoms with Gasteiger partial charge in [0.05, 0.1) is 5.60 Å². The summed E-state index contributed by atoms with van der Waals surface area (Å²) in [5, 5.41) is 9.49. The van der Waals surface area contributed by atoms with Crippen LogP contribution in [-0.4, -0.2) is 41.8 Å². The van der Waals surface area contributed by atoms with E-state index in [-0.39, 0.29) is 5.60 Å². The normalized spacial score (nSPS) is 20.9.